The first kappa shape index (κ1) is 15.9. The molecule has 4 aromatic rings. The van der Waals surface area contributed by atoms with E-state index in [1.807, 2.05) is 62.6 Å². The predicted molar refractivity (Wildman–Crippen MR) is 99.4 cm³/mol. The van der Waals surface area contributed by atoms with Crippen molar-refractivity contribution >= 4 is 5.52 Å². The molecule has 0 bridgehead atoms. The molecular formula is C20H17N5O. The summed E-state index contributed by atoms with van der Waals surface area (Å²) in [6.45, 7) is 1.98. The summed E-state index contributed by atoms with van der Waals surface area (Å²) in [4.78, 5) is 13.2. The summed E-state index contributed by atoms with van der Waals surface area (Å²) in [5.74, 6) is 6.76. The second-order valence-electron chi connectivity index (χ2n) is 5.89. The third-order valence-corrected chi connectivity index (χ3v) is 4.12. The van der Waals surface area contributed by atoms with Crippen molar-refractivity contribution in [1.82, 2.24) is 24.0 Å². The van der Waals surface area contributed by atoms with Gasteiger partial charge in [-0.1, -0.05) is 31.0 Å². The van der Waals surface area contributed by atoms with Crippen LogP contribution >= 0.6 is 0 Å². The largest absolute Gasteiger partial charge is 0.283 e. The fraction of sp³-hybridized carbons (Fsp3) is 0.150. The average Bonchev–Trinajstić information content (AvgIpc) is 3.26. The van der Waals surface area contributed by atoms with Crippen molar-refractivity contribution in [3.8, 4) is 17.5 Å². The number of nitrogens with zero attached hydrogens (tertiary/aromatic N) is 5. The Balaban J connectivity index is 1.93. The number of rotatable bonds is 2. The van der Waals surface area contributed by atoms with Gasteiger partial charge in [0.1, 0.15) is 17.0 Å². The lowest BCUT2D eigenvalue weighted by Gasteiger charge is -2.11. The summed E-state index contributed by atoms with van der Waals surface area (Å²) < 4.78 is 4.96. The van der Waals surface area contributed by atoms with Crippen LogP contribution in [0.1, 0.15) is 24.0 Å². The quantitative estimate of drug-likeness (QED) is 0.524. The first-order valence-electron chi connectivity index (χ1n) is 8.37. The molecule has 26 heavy (non-hydrogen) atoms. The molecule has 0 unspecified atom stereocenters. The van der Waals surface area contributed by atoms with Crippen molar-refractivity contribution in [2.75, 3.05) is 0 Å². The fourth-order valence-corrected chi connectivity index (χ4v) is 2.90. The molecule has 0 fully saturated rings. The molecule has 0 aliphatic rings. The monoisotopic (exact) mass is 343 g/mol. The Morgan fingerprint density at radius 1 is 1.00 bits per heavy atom. The Bertz CT molecular complexity index is 1200. The molecule has 128 valence electrons. The number of hydrogen-bond acceptors (Lipinski definition) is 3. The van der Waals surface area contributed by atoms with Gasteiger partial charge in [-0.2, -0.15) is 10.2 Å². The Morgan fingerprint density at radius 3 is 2.50 bits per heavy atom. The van der Waals surface area contributed by atoms with Crippen LogP contribution in [0, 0.1) is 11.8 Å². The SMILES string of the molecule is CCc1nn2ccc(C#Cc3ccn(C)n3)c2c(=O)n1-c1ccccc1. The zero-order valence-electron chi connectivity index (χ0n) is 14.5. The van der Waals surface area contributed by atoms with Gasteiger partial charge in [0.25, 0.3) is 5.56 Å². The molecule has 0 aliphatic carbocycles. The Hall–Kier alpha value is -3.59. The summed E-state index contributed by atoms with van der Waals surface area (Å²) in [6, 6.07) is 13.2. The van der Waals surface area contributed by atoms with Crippen LogP contribution in [-0.2, 0) is 13.5 Å². The third kappa shape index (κ3) is 2.70. The first-order chi connectivity index (χ1) is 12.7. The van der Waals surface area contributed by atoms with Crippen molar-refractivity contribution < 1.29 is 0 Å². The number of para-hydroxylation sites is 1. The Kier molecular flexibility index (Phi) is 3.90. The highest BCUT2D eigenvalue weighted by Gasteiger charge is 2.14. The molecule has 0 aliphatic heterocycles. The molecule has 3 aromatic heterocycles. The fourth-order valence-electron chi connectivity index (χ4n) is 2.90. The predicted octanol–water partition coefficient (Wildman–Crippen LogP) is 2.18. The van der Waals surface area contributed by atoms with Crippen LogP contribution in [0.5, 0.6) is 0 Å². The molecule has 0 radical (unpaired) electrons. The van der Waals surface area contributed by atoms with Crippen molar-refractivity contribution in [3.63, 3.8) is 0 Å². The minimum Gasteiger partial charge on any atom is -0.275 e. The second-order valence-corrected chi connectivity index (χ2v) is 5.89. The highest BCUT2D eigenvalue weighted by Crippen LogP contribution is 2.12. The van der Waals surface area contributed by atoms with Crippen LogP contribution in [-0.4, -0.2) is 24.0 Å². The van der Waals surface area contributed by atoms with Gasteiger partial charge < -0.3 is 0 Å². The minimum absolute atomic E-state index is 0.127. The maximum atomic E-state index is 13.2. The molecule has 6 nitrogen and oxygen atoms in total. The lowest BCUT2D eigenvalue weighted by molar-refractivity contribution is 0.738. The molecule has 0 N–H and O–H groups in total. The molecule has 0 saturated carbocycles. The van der Waals surface area contributed by atoms with E-state index in [0.29, 0.717) is 29.0 Å². The van der Waals surface area contributed by atoms with Gasteiger partial charge in [0.05, 0.1) is 11.3 Å². The zero-order valence-corrected chi connectivity index (χ0v) is 14.5. The van der Waals surface area contributed by atoms with E-state index in [-0.39, 0.29) is 5.56 Å². The van der Waals surface area contributed by atoms with Gasteiger partial charge in [0, 0.05) is 25.9 Å². The van der Waals surface area contributed by atoms with Crippen LogP contribution in [0.25, 0.3) is 11.2 Å². The van der Waals surface area contributed by atoms with E-state index in [2.05, 4.69) is 22.0 Å². The van der Waals surface area contributed by atoms with Gasteiger partial charge in [-0.15, -0.1) is 0 Å². The maximum Gasteiger partial charge on any atom is 0.283 e. The normalized spacial score (nSPS) is 10.7. The van der Waals surface area contributed by atoms with Crippen LogP contribution in [0.3, 0.4) is 0 Å². The summed E-state index contributed by atoms with van der Waals surface area (Å²) in [5, 5.41) is 8.85. The maximum absolute atomic E-state index is 13.2. The Morgan fingerprint density at radius 2 is 1.81 bits per heavy atom. The van der Waals surface area contributed by atoms with E-state index in [1.165, 1.54) is 0 Å². The lowest BCUT2D eigenvalue weighted by Crippen LogP contribution is -2.26. The van der Waals surface area contributed by atoms with E-state index >= 15 is 0 Å². The van der Waals surface area contributed by atoms with Gasteiger partial charge in [-0.3, -0.25) is 14.0 Å². The zero-order chi connectivity index (χ0) is 18.1. The summed E-state index contributed by atoms with van der Waals surface area (Å²) >= 11 is 0. The van der Waals surface area contributed by atoms with Crippen molar-refractivity contribution in [1.29, 1.82) is 0 Å². The van der Waals surface area contributed by atoms with Gasteiger partial charge in [0.2, 0.25) is 0 Å². The average molecular weight is 343 g/mol. The van der Waals surface area contributed by atoms with Gasteiger partial charge >= 0.3 is 0 Å². The number of fused-ring (bicyclic) bond motifs is 1. The molecule has 6 heteroatoms. The minimum atomic E-state index is -0.127. The Labute approximate surface area is 150 Å². The van der Waals surface area contributed by atoms with Gasteiger partial charge in [0.15, 0.2) is 0 Å². The third-order valence-electron chi connectivity index (χ3n) is 4.12. The van der Waals surface area contributed by atoms with E-state index in [9.17, 15) is 4.79 Å². The highest BCUT2D eigenvalue weighted by molar-refractivity contribution is 5.63. The molecule has 0 amide bonds. The molecular weight excluding hydrogens is 326 g/mol. The van der Waals surface area contributed by atoms with Crippen LogP contribution < -0.4 is 5.56 Å². The summed E-state index contributed by atoms with van der Waals surface area (Å²) in [5.41, 5.74) is 2.44. The summed E-state index contributed by atoms with van der Waals surface area (Å²) in [7, 11) is 1.84. The number of aromatic nitrogens is 5. The van der Waals surface area contributed by atoms with Crippen molar-refractivity contribution in [2.24, 2.45) is 7.05 Å². The van der Waals surface area contributed by atoms with E-state index in [1.54, 1.807) is 20.0 Å². The van der Waals surface area contributed by atoms with Crippen LogP contribution in [0.15, 0.2) is 59.7 Å². The van der Waals surface area contributed by atoms with E-state index in [4.69, 9.17) is 0 Å². The molecule has 0 saturated heterocycles. The molecule has 0 spiro atoms. The second kappa shape index (κ2) is 6.37. The topological polar surface area (TPSA) is 57.1 Å². The van der Waals surface area contributed by atoms with Crippen molar-refractivity contribution in [2.45, 2.75) is 13.3 Å². The van der Waals surface area contributed by atoms with Crippen molar-refractivity contribution in [3.05, 3.63) is 82.3 Å². The molecule has 0 atom stereocenters. The standard InChI is InChI=1S/C20H17N5O/c1-3-18-22-24-14-11-15(9-10-16-12-13-23(2)21-16)19(24)20(26)25(18)17-7-5-4-6-8-17/h4-8,11-14H,3H2,1-2H3. The van der Waals surface area contributed by atoms with Crippen LogP contribution in [0.4, 0.5) is 0 Å². The highest BCUT2D eigenvalue weighted by atomic mass is 16.1. The molecule has 4 rings (SSSR count). The molecule has 1 aromatic carbocycles. The summed E-state index contributed by atoms with van der Waals surface area (Å²) in [6.07, 6.45) is 4.25. The van der Waals surface area contributed by atoms with Gasteiger partial charge in [-0.05, 0) is 30.2 Å². The number of aryl methyl sites for hydroxylation is 2. The van der Waals surface area contributed by atoms with E-state index < -0.39 is 0 Å². The van der Waals surface area contributed by atoms with Crippen LogP contribution in [0.2, 0.25) is 0 Å². The smallest absolute Gasteiger partial charge is 0.275 e. The molecule has 3 heterocycles. The number of hydrogen-bond donors (Lipinski definition) is 0. The van der Waals surface area contributed by atoms with E-state index in [0.717, 1.165) is 5.69 Å². The number of benzene rings is 1. The van der Waals surface area contributed by atoms with Gasteiger partial charge in [-0.25, -0.2) is 4.52 Å². The lowest BCUT2D eigenvalue weighted by atomic mass is 10.2. The first-order valence-corrected chi connectivity index (χ1v) is 8.37.